The lowest BCUT2D eigenvalue weighted by Crippen LogP contribution is -2.32. The first-order valence-electron chi connectivity index (χ1n) is 6.83. The summed E-state index contributed by atoms with van der Waals surface area (Å²) in [6.07, 6.45) is 1.68. The van der Waals surface area contributed by atoms with Gasteiger partial charge in [0.25, 0.3) is 0 Å². The van der Waals surface area contributed by atoms with Gasteiger partial charge in [-0.05, 0) is 38.2 Å². The minimum Gasteiger partial charge on any atom is -0.490 e. The van der Waals surface area contributed by atoms with Crippen LogP contribution in [0.2, 0.25) is 0 Å². The molecule has 0 saturated heterocycles. The topological polar surface area (TPSA) is 59.0 Å². The normalized spacial score (nSPS) is 15.8. The van der Waals surface area contributed by atoms with Crippen molar-refractivity contribution in [1.29, 1.82) is 0 Å². The monoisotopic (exact) mass is 279 g/mol. The zero-order valence-electron chi connectivity index (χ0n) is 12.0. The number of carbonyl (C=O) groups is 1. The van der Waals surface area contributed by atoms with E-state index in [2.05, 4.69) is 0 Å². The molecule has 0 aromatic heterocycles. The van der Waals surface area contributed by atoms with Gasteiger partial charge in [-0.1, -0.05) is 6.07 Å². The number of hydrogen-bond donors (Lipinski definition) is 1. The fraction of sp³-hybridized carbons (Fsp3) is 0.533. The van der Waals surface area contributed by atoms with Crippen LogP contribution in [0.1, 0.15) is 18.4 Å². The van der Waals surface area contributed by atoms with Gasteiger partial charge in [-0.3, -0.25) is 4.79 Å². The van der Waals surface area contributed by atoms with E-state index in [0.717, 1.165) is 23.5 Å². The van der Waals surface area contributed by atoms with Crippen LogP contribution >= 0.6 is 0 Å². The Balaban J connectivity index is 2.12. The van der Waals surface area contributed by atoms with Gasteiger partial charge in [0.2, 0.25) is 0 Å². The van der Waals surface area contributed by atoms with E-state index < -0.39 is 5.97 Å². The summed E-state index contributed by atoms with van der Waals surface area (Å²) in [6, 6.07) is 5.81. The number of ether oxygens (including phenoxy) is 2. The lowest BCUT2D eigenvalue weighted by Gasteiger charge is -2.23. The first-order valence-corrected chi connectivity index (χ1v) is 6.83. The minimum atomic E-state index is -0.780. The van der Waals surface area contributed by atoms with Crippen LogP contribution in [0.4, 0.5) is 0 Å². The molecule has 1 atom stereocenters. The van der Waals surface area contributed by atoms with Gasteiger partial charge in [-0.25, -0.2) is 0 Å². The van der Waals surface area contributed by atoms with Crippen LogP contribution in [0.25, 0.3) is 0 Å². The van der Waals surface area contributed by atoms with Crippen LogP contribution in [0.15, 0.2) is 18.2 Å². The standard InChI is InChI=1S/C15H21NO4/c1-16(2)12(10-15(17)18)8-11-4-5-13-14(9-11)20-7-3-6-19-13/h4-5,9,12H,3,6-8,10H2,1-2H3,(H,17,18). The van der Waals surface area contributed by atoms with Gasteiger partial charge >= 0.3 is 5.97 Å². The minimum absolute atomic E-state index is 0.0303. The third kappa shape index (κ3) is 3.87. The summed E-state index contributed by atoms with van der Waals surface area (Å²) in [6.45, 7) is 1.33. The van der Waals surface area contributed by atoms with Gasteiger partial charge in [0.15, 0.2) is 11.5 Å². The Morgan fingerprint density at radius 1 is 1.30 bits per heavy atom. The molecule has 0 amide bonds. The van der Waals surface area contributed by atoms with Crippen molar-refractivity contribution in [2.45, 2.75) is 25.3 Å². The molecular weight excluding hydrogens is 258 g/mol. The molecular formula is C15H21NO4. The third-order valence-corrected chi connectivity index (χ3v) is 3.42. The zero-order valence-corrected chi connectivity index (χ0v) is 12.0. The number of hydrogen-bond acceptors (Lipinski definition) is 4. The molecule has 1 heterocycles. The second-order valence-electron chi connectivity index (χ2n) is 5.25. The number of nitrogens with zero attached hydrogens (tertiary/aromatic N) is 1. The van der Waals surface area contributed by atoms with Gasteiger partial charge in [0, 0.05) is 12.5 Å². The van der Waals surface area contributed by atoms with Crippen LogP contribution in [0.5, 0.6) is 11.5 Å². The van der Waals surface area contributed by atoms with Crippen molar-refractivity contribution >= 4 is 5.97 Å². The van der Waals surface area contributed by atoms with E-state index >= 15 is 0 Å². The zero-order chi connectivity index (χ0) is 14.5. The summed E-state index contributed by atoms with van der Waals surface area (Å²) in [5.74, 6) is 0.747. The highest BCUT2D eigenvalue weighted by Gasteiger charge is 2.18. The molecule has 0 saturated carbocycles. The summed E-state index contributed by atoms with van der Waals surface area (Å²) in [7, 11) is 3.80. The van der Waals surface area contributed by atoms with E-state index in [1.54, 1.807) is 0 Å². The molecule has 5 heteroatoms. The molecule has 0 fully saturated rings. The highest BCUT2D eigenvalue weighted by molar-refractivity contribution is 5.67. The molecule has 1 aromatic rings. The molecule has 5 nitrogen and oxygen atoms in total. The number of likely N-dealkylation sites (N-methyl/N-ethyl adjacent to an activating group) is 1. The quantitative estimate of drug-likeness (QED) is 0.890. The van der Waals surface area contributed by atoms with Crippen molar-refractivity contribution in [3.05, 3.63) is 23.8 Å². The lowest BCUT2D eigenvalue weighted by molar-refractivity contribution is -0.138. The largest absolute Gasteiger partial charge is 0.490 e. The van der Waals surface area contributed by atoms with Gasteiger partial charge < -0.3 is 19.5 Å². The first kappa shape index (κ1) is 14.7. The number of carboxylic acids is 1. The molecule has 20 heavy (non-hydrogen) atoms. The van der Waals surface area contributed by atoms with E-state index in [1.165, 1.54) is 0 Å². The maximum absolute atomic E-state index is 10.9. The van der Waals surface area contributed by atoms with Crippen LogP contribution in [0, 0.1) is 0 Å². The Bertz CT molecular complexity index is 473. The van der Waals surface area contributed by atoms with Gasteiger partial charge in [-0.2, -0.15) is 0 Å². The van der Waals surface area contributed by atoms with Crippen LogP contribution in [0.3, 0.4) is 0 Å². The fourth-order valence-corrected chi connectivity index (χ4v) is 2.25. The summed E-state index contributed by atoms with van der Waals surface area (Å²) >= 11 is 0. The Labute approximate surface area is 119 Å². The van der Waals surface area contributed by atoms with Gasteiger partial charge in [0.05, 0.1) is 19.6 Å². The van der Waals surface area contributed by atoms with Crippen molar-refractivity contribution < 1.29 is 19.4 Å². The van der Waals surface area contributed by atoms with Gasteiger partial charge in [-0.15, -0.1) is 0 Å². The number of benzene rings is 1. The highest BCUT2D eigenvalue weighted by atomic mass is 16.5. The number of rotatable bonds is 5. The molecule has 1 N–H and O–H groups in total. The molecule has 0 spiro atoms. The predicted molar refractivity (Wildman–Crippen MR) is 75.5 cm³/mol. The second-order valence-corrected chi connectivity index (χ2v) is 5.25. The molecule has 1 aliphatic rings. The van der Waals surface area contributed by atoms with Crippen molar-refractivity contribution in [3.8, 4) is 11.5 Å². The third-order valence-electron chi connectivity index (χ3n) is 3.42. The maximum atomic E-state index is 10.9. The van der Waals surface area contributed by atoms with Crippen molar-refractivity contribution in [2.24, 2.45) is 0 Å². The summed E-state index contributed by atoms with van der Waals surface area (Å²) in [5.41, 5.74) is 1.06. The van der Waals surface area contributed by atoms with Gasteiger partial charge in [0.1, 0.15) is 0 Å². The van der Waals surface area contributed by atoms with E-state index in [0.29, 0.717) is 19.6 Å². The molecule has 1 unspecified atom stereocenters. The predicted octanol–water partition coefficient (Wildman–Crippen LogP) is 1.80. The molecule has 1 aliphatic heterocycles. The fourth-order valence-electron chi connectivity index (χ4n) is 2.25. The van der Waals surface area contributed by atoms with E-state index in [1.807, 2.05) is 37.2 Å². The van der Waals surface area contributed by atoms with Crippen molar-refractivity contribution in [2.75, 3.05) is 27.3 Å². The Kier molecular flexibility index (Phi) is 4.84. The Hall–Kier alpha value is -1.75. The average Bonchev–Trinajstić information content (AvgIpc) is 2.62. The molecule has 110 valence electrons. The number of carboxylic acid groups (broad SMARTS) is 1. The van der Waals surface area contributed by atoms with Crippen molar-refractivity contribution in [3.63, 3.8) is 0 Å². The second kappa shape index (κ2) is 6.61. The van der Waals surface area contributed by atoms with Crippen molar-refractivity contribution in [1.82, 2.24) is 4.90 Å². The SMILES string of the molecule is CN(C)C(CC(=O)O)Cc1ccc2c(c1)OCCCO2. The summed E-state index contributed by atoms with van der Waals surface area (Å²) in [4.78, 5) is 12.9. The summed E-state index contributed by atoms with van der Waals surface area (Å²) in [5, 5.41) is 8.97. The van der Waals surface area contributed by atoms with Crippen LogP contribution in [-0.2, 0) is 11.2 Å². The molecule has 2 rings (SSSR count). The summed E-state index contributed by atoms with van der Waals surface area (Å²) < 4.78 is 11.2. The smallest absolute Gasteiger partial charge is 0.304 e. The van der Waals surface area contributed by atoms with E-state index in [9.17, 15) is 4.79 Å². The highest BCUT2D eigenvalue weighted by Crippen LogP contribution is 2.31. The number of fused-ring (bicyclic) bond motifs is 1. The lowest BCUT2D eigenvalue weighted by atomic mass is 10.0. The van der Waals surface area contributed by atoms with Crippen LogP contribution < -0.4 is 9.47 Å². The Morgan fingerprint density at radius 3 is 2.65 bits per heavy atom. The molecule has 1 aromatic carbocycles. The number of aliphatic carboxylic acids is 1. The first-order chi connectivity index (χ1) is 9.56. The van der Waals surface area contributed by atoms with E-state index in [-0.39, 0.29) is 12.5 Å². The maximum Gasteiger partial charge on any atom is 0.304 e. The van der Waals surface area contributed by atoms with Crippen LogP contribution in [-0.4, -0.2) is 49.3 Å². The molecule has 0 radical (unpaired) electrons. The Morgan fingerprint density at radius 2 is 2.00 bits per heavy atom. The molecule has 0 bridgehead atoms. The van der Waals surface area contributed by atoms with E-state index in [4.69, 9.17) is 14.6 Å². The average molecular weight is 279 g/mol. The molecule has 0 aliphatic carbocycles.